The van der Waals surface area contributed by atoms with Crippen LogP contribution >= 0.6 is 0 Å². The number of benzene rings is 2. The minimum atomic E-state index is -3.50. The van der Waals surface area contributed by atoms with Gasteiger partial charge in [0.15, 0.2) is 0 Å². The highest BCUT2D eigenvalue weighted by molar-refractivity contribution is 7.89. The molecule has 27 heavy (non-hydrogen) atoms. The van der Waals surface area contributed by atoms with E-state index in [9.17, 15) is 13.2 Å². The van der Waals surface area contributed by atoms with Crippen LogP contribution in [-0.4, -0.2) is 41.1 Å². The Morgan fingerprint density at radius 3 is 2.52 bits per heavy atom. The Bertz CT molecular complexity index is 897. The van der Waals surface area contributed by atoms with Crippen molar-refractivity contribution >= 4 is 15.9 Å². The van der Waals surface area contributed by atoms with Crippen molar-refractivity contribution in [1.29, 1.82) is 0 Å². The Balaban J connectivity index is 1.91. The fourth-order valence-corrected chi connectivity index (χ4v) is 3.60. The van der Waals surface area contributed by atoms with Crippen LogP contribution in [-0.2, 0) is 10.0 Å². The third-order valence-corrected chi connectivity index (χ3v) is 5.33. The van der Waals surface area contributed by atoms with Crippen molar-refractivity contribution in [2.24, 2.45) is 0 Å². The summed E-state index contributed by atoms with van der Waals surface area (Å²) in [6, 6.07) is 11.6. The minimum Gasteiger partial charge on any atom is -0.496 e. The molecule has 0 fully saturated rings. The Kier molecular flexibility index (Phi) is 7.20. The van der Waals surface area contributed by atoms with Crippen LogP contribution in [0.2, 0.25) is 0 Å². The largest absolute Gasteiger partial charge is 0.496 e. The molecule has 0 aliphatic heterocycles. The number of rotatable bonds is 9. The lowest BCUT2D eigenvalue weighted by Crippen LogP contribution is -2.28. The molecule has 0 radical (unpaired) electrons. The van der Waals surface area contributed by atoms with Crippen LogP contribution in [0.25, 0.3) is 0 Å². The predicted octanol–water partition coefficient (Wildman–Crippen LogP) is 2.11. The molecule has 0 bridgehead atoms. The molecule has 0 aromatic heterocycles. The first-order chi connectivity index (χ1) is 12.9. The molecular weight excluding hydrogens is 368 g/mol. The molecular formula is C19H24N2O5S. The number of amides is 1. The Morgan fingerprint density at radius 2 is 1.85 bits per heavy atom. The fourth-order valence-electron chi connectivity index (χ4n) is 2.48. The van der Waals surface area contributed by atoms with Crippen LogP contribution < -0.4 is 19.5 Å². The summed E-state index contributed by atoms with van der Waals surface area (Å²) in [5.41, 5.74) is 1.15. The molecule has 0 unspecified atom stereocenters. The zero-order chi connectivity index (χ0) is 19.9. The van der Waals surface area contributed by atoms with Crippen molar-refractivity contribution in [2.45, 2.75) is 18.7 Å². The summed E-state index contributed by atoms with van der Waals surface area (Å²) in [6.45, 7) is 4.37. The van der Waals surface area contributed by atoms with Crippen LogP contribution in [0.3, 0.4) is 0 Å². The van der Waals surface area contributed by atoms with Gasteiger partial charge in [-0.05, 0) is 42.8 Å². The fraction of sp³-hybridized carbons (Fsp3) is 0.316. The van der Waals surface area contributed by atoms with Gasteiger partial charge in [-0.3, -0.25) is 4.79 Å². The van der Waals surface area contributed by atoms with E-state index in [4.69, 9.17) is 9.47 Å². The number of sulfonamides is 1. The second kappa shape index (κ2) is 9.38. The van der Waals surface area contributed by atoms with Crippen molar-refractivity contribution in [3.05, 3.63) is 53.6 Å². The van der Waals surface area contributed by atoms with Gasteiger partial charge in [-0.15, -0.1) is 0 Å². The zero-order valence-corrected chi connectivity index (χ0v) is 16.4. The molecule has 8 heteroatoms. The van der Waals surface area contributed by atoms with Gasteiger partial charge in [0, 0.05) is 6.54 Å². The van der Waals surface area contributed by atoms with Gasteiger partial charge >= 0.3 is 0 Å². The predicted molar refractivity (Wildman–Crippen MR) is 103 cm³/mol. The van der Waals surface area contributed by atoms with E-state index in [-0.39, 0.29) is 17.4 Å². The standard InChI is InChI=1S/C19H24N2O5S/c1-4-21-27(23,24)15-9-10-17(14(2)13-15)26-12-11-20-19(22)16-7-5-6-8-18(16)25-3/h5-10,13,21H,4,11-12H2,1-3H3,(H,20,22). The molecule has 0 saturated heterocycles. The highest BCUT2D eigenvalue weighted by Crippen LogP contribution is 2.21. The number of carbonyl (C=O) groups excluding carboxylic acids is 1. The van der Waals surface area contributed by atoms with Crippen molar-refractivity contribution in [3.63, 3.8) is 0 Å². The molecule has 2 aromatic carbocycles. The molecule has 0 atom stereocenters. The Labute approximate surface area is 159 Å². The monoisotopic (exact) mass is 392 g/mol. The molecule has 0 spiro atoms. The first kappa shape index (κ1) is 20.7. The second-order valence-corrected chi connectivity index (χ2v) is 7.50. The van der Waals surface area contributed by atoms with Crippen LogP contribution in [0, 0.1) is 6.92 Å². The van der Waals surface area contributed by atoms with E-state index in [2.05, 4.69) is 10.0 Å². The summed E-state index contributed by atoms with van der Waals surface area (Å²) in [5.74, 6) is 0.820. The first-order valence-electron chi connectivity index (χ1n) is 8.53. The number of aryl methyl sites for hydroxylation is 1. The van der Waals surface area contributed by atoms with E-state index in [0.29, 0.717) is 35.7 Å². The van der Waals surface area contributed by atoms with E-state index in [1.807, 2.05) is 0 Å². The maximum absolute atomic E-state index is 12.2. The normalized spacial score (nSPS) is 11.1. The van der Waals surface area contributed by atoms with Crippen LogP contribution in [0.4, 0.5) is 0 Å². The average Bonchev–Trinajstić information content (AvgIpc) is 2.65. The van der Waals surface area contributed by atoms with Gasteiger partial charge in [0.2, 0.25) is 10.0 Å². The van der Waals surface area contributed by atoms with E-state index in [1.165, 1.54) is 13.2 Å². The molecule has 7 nitrogen and oxygen atoms in total. The lowest BCUT2D eigenvalue weighted by molar-refractivity contribution is 0.0944. The highest BCUT2D eigenvalue weighted by Gasteiger charge is 2.14. The van der Waals surface area contributed by atoms with Gasteiger partial charge in [-0.1, -0.05) is 19.1 Å². The number of methoxy groups -OCH3 is 1. The summed E-state index contributed by atoms with van der Waals surface area (Å²) in [7, 11) is -1.99. The Hall–Kier alpha value is -2.58. The van der Waals surface area contributed by atoms with E-state index in [0.717, 1.165) is 0 Å². The van der Waals surface area contributed by atoms with E-state index >= 15 is 0 Å². The zero-order valence-electron chi connectivity index (χ0n) is 15.6. The lowest BCUT2D eigenvalue weighted by Gasteiger charge is -2.12. The van der Waals surface area contributed by atoms with E-state index < -0.39 is 10.0 Å². The van der Waals surface area contributed by atoms with Gasteiger partial charge < -0.3 is 14.8 Å². The van der Waals surface area contributed by atoms with Crippen molar-refractivity contribution < 1.29 is 22.7 Å². The maximum atomic E-state index is 12.2. The number of hydrogen-bond acceptors (Lipinski definition) is 5. The molecule has 0 aliphatic carbocycles. The number of ether oxygens (including phenoxy) is 2. The summed E-state index contributed by atoms with van der Waals surface area (Å²) in [5, 5.41) is 2.77. The number of nitrogens with one attached hydrogen (secondary N) is 2. The highest BCUT2D eigenvalue weighted by atomic mass is 32.2. The SMILES string of the molecule is CCNS(=O)(=O)c1ccc(OCCNC(=O)c2ccccc2OC)c(C)c1. The second-order valence-electron chi connectivity index (χ2n) is 5.73. The summed E-state index contributed by atoms with van der Waals surface area (Å²) < 4.78 is 37.3. The third kappa shape index (κ3) is 5.45. The van der Waals surface area contributed by atoms with Crippen molar-refractivity contribution in [1.82, 2.24) is 10.0 Å². The molecule has 2 N–H and O–H groups in total. The topological polar surface area (TPSA) is 93.7 Å². The van der Waals surface area contributed by atoms with E-state index in [1.54, 1.807) is 50.2 Å². The van der Waals surface area contributed by atoms with Crippen molar-refractivity contribution in [3.8, 4) is 11.5 Å². The smallest absolute Gasteiger partial charge is 0.255 e. The minimum absolute atomic E-state index is 0.193. The molecule has 0 heterocycles. The van der Waals surface area contributed by atoms with Crippen molar-refractivity contribution in [2.75, 3.05) is 26.8 Å². The molecule has 0 saturated carbocycles. The maximum Gasteiger partial charge on any atom is 0.255 e. The Morgan fingerprint density at radius 1 is 1.11 bits per heavy atom. The summed E-state index contributed by atoms with van der Waals surface area (Å²) >= 11 is 0. The van der Waals surface area contributed by atoms with Crippen LogP contribution in [0.1, 0.15) is 22.8 Å². The third-order valence-electron chi connectivity index (χ3n) is 3.79. The molecule has 146 valence electrons. The number of para-hydroxylation sites is 1. The van der Waals surface area contributed by atoms with Gasteiger partial charge in [0.25, 0.3) is 5.91 Å². The molecule has 1 amide bonds. The van der Waals surface area contributed by atoms with Crippen LogP contribution in [0.5, 0.6) is 11.5 Å². The quantitative estimate of drug-likeness (QED) is 0.638. The number of carbonyl (C=O) groups is 1. The lowest BCUT2D eigenvalue weighted by atomic mass is 10.2. The molecule has 2 rings (SSSR count). The molecule has 0 aliphatic rings. The van der Waals surface area contributed by atoms with Crippen LogP contribution in [0.15, 0.2) is 47.4 Å². The number of hydrogen-bond donors (Lipinski definition) is 2. The van der Waals surface area contributed by atoms with Gasteiger partial charge in [-0.2, -0.15) is 0 Å². The average molecular weight is 392 g/mol. The first-order valence-corrected chi connectivity index (χ1v) is 10.0. The van der Waals surface area contributed by atoms with Gasteiger partial charge in [0.1, 0.15) is 18.1 Å². The van der Waals surface area contributed by atoms with Gasteiger partial charge in [-0.25, -0.2) is 13.1 Å². The summed E-state index contributed by atoms with van der Waals surface area (Å²) in [4.78, 5) is 12.4. The van der Waals surface area contributed by atoms with Gasteiger partial charge in [0.05, 0.1) is 24.1 Å². The summed E-state index contributed by atoms with van der Waals surface area (Å²) in [6.07, 6.45) is 0. The molecule has 2 aromatic rings.